The lowest BCUT2D eigenvalue weighted by Gasteiger charge is -2.24. The van der Waals surface area contributed by atoms with E-state index in [1.54, 1.807) is 24.3 Å². The molecule has 0 heterocycles. The summed E-state index contributed by atoms with van der Waals surface area (Å²) in [6.45, 7) is 0.0546. The summed E-state index contributed by atoms with van der Waals surface area (Å²) in [6.07, 6.45) is 0. The van der Waals surface area contributed by atoms with Crippen LogP contribution in [0.15, 0.2) is 66.7 Å². The highest BCUT2D eigenvalue weighted by Crippen LogP contribution is 2.29. The highest BCUT2D eigenvalue weighted by molar-refractivity contribution is 6.34. The third-order valence-electron chi connectivity index (χ3n) is 4.19. The Bertz CT molecular complexity index is 1130. The fourth-order valence-electron chi connectivity index (χ4n) is 2.80. The summed E-state index contributed by atoms with van der Waals surface area (Å²) in [7, 11) is 0. The zero-order valence-electron chi connectivity index (χ0n) is 14.9. The summed E-state index contributed by atoms with van der Waals surface area (Å²) in [5, 5.41) is 20.5. The number of carbonyl (C=O) groups is 1. The first kappa shape index (κ1) is 20.0. The number of rotatable bonds is 5. The molecule has 0 spiro atoms. The first-order valence-corrected chi connectivity index (χ1v) is 8.78. The molecule has 0 radical (unpaired) electrons. The second-order valence-electron chi connectivity index (χ2n) is 6.07. The van der Waals surface area contributed by atoms with Gasteiger partial charge in [0.05, 0.1) is 33.3 Å². The molecule has 0 aromatic heterocycles. The predicted molar refractivity (Wildman–Crippen MR) is 106 cm³/mol. The van der Waals surface area contributed by atoms with Gasteiger partial charge in [-0.2, -0.15) is 5.26 Å². The van der Waals surface area contributed by atoms with Gasteiger partial charge in [-0.3, -0.25) is 14.9 Å². The zero-order valence-corrected chi connectivity index (χ0v) is 15.6. The van der Waals surface area contributed by atoms with E-state index in [0.717, 1.165) is 23.8 Å². The normalized spacial score (nSPS) is 10.2. The monoisotopic (exact) mass is 409 g/mol. The molecule has 0 fully saturated rings. The minimum Gasteiger partial charge on any atom is -0.303 e. The van der Waals surface area contributed by atoms with Crippen molar-refractivity contribution in [3.8, 4) is 6.07 Å². The van der Waals surface area contributed by atoms with Crippen molar-refractivity contribution in [2.24, 2.45) is 0 Å². The van der Waals surface area contributed by atoms with Crippen LogP contribution in [-0.2, 0) is 6.54 Å². The molecule has 0 saturated carbocycles. The van der Waals surface area contributed by atoms with Gasteiger partial charge in [0.25, 0.3) is 11.6 Å². The number of non-ortho nitro benzene ring substituents is 1. The second kappa shape index (κ2) is 8.50. The Hall–Kier alpha value is -3.76. The molecule has 8 heteroatoms. The quantitative estimate of drug-likeness (QED) is 0.433. The topological polar surface area (TPSA) is 87.2 Å². The van der Waals surface area contributed by atoms with Crippen LogP contribution in [0.2, 0.25) is 5.02 Å². The third kappa shape index (κ3) is 4.39. The van der Waals surface area contributed by atoms with Gasteiger partial charge < -0.3 is 4.90 Å². The molecule has 1 amide bonds. The van der Waals surface area contributed by atoms with E-state index in [-0.39, 0.29) is 34.1 Å². The van der Waals surface area contributed by atoms with Crippen LogP contribution < -0.4 is 4.90 Å². The van der Waals surface area contributed by atoms with Crippen molar-refractivity contribution in [2.45, 2.75) is 6.54 Å². The third-order valence-corrected chi connectivity index (χ3v) is 4.52. The van der Waals surface area contributed by atoms with E-state index < -0.39 is 16.6 Å². The molecule has 0 N–H and O–H groups in total. The minimum atomic E-state index is -0.648. The molecule has 0 aliphatic carbocycles. The average molecular weight is 410 g/mol. The zero-order chi connectivity index (χ0) is 21.0. The first-order chi connectivity index (χ1) is 13.9. The number of anilines is 1. The Morgan fingerprint density at radius 3 is 2.52 bits per heavy atom. The van der Waals surface area contributed by atoms with Gasteiger partial charge in [0.2, 0.25) is 0 Å². The smallest absolute Gasteiger partial charge is 0.270 e. The maximum atomic E-state index is 13.6. The fourth-order valence-corrected chi connectivity index (χ4v) is 3.00. The number of nitrogens with zero attached hydrogens (tertiary/aromatic N) is 3. The summed E-state index contributed by atoms with van der Waals surface area (Å²) in [5.74, 6) is -1.27. The molecule has 0 unspecified atom stereocenters. The second-order valence-corrected chi connectivity index (χ2v) is 6.48. The number of hydrogen-bond donors (Lipinski definition) is 0. The predicted octanol–water partition coefficient (Wildman–Crippen LogP) is 5.11. The molecule has 0 aliphatic heterocycles. The van der Waals surface area contributed by atoms with Gasteiger partial charge in [-0.05, 0) is 29.8 Å². The van der Waals surface area contributed by atoms with Gasteiger partial charge in [0.15, 0.2) is 0 Å². The number of nitriles is 1. The molecule has 3 aromatic carbocycles. The molecule has 3 aromatic rings. The molecule has 0 saturated heterocycles. The highest BCUT2D eigenvalue weighted by atomic mass is 35.5. The van der Waals surface area contributed by atoms with Crippen LogP contribution in [0.25, 0.3) is 0 Å². The van der Waals surface area contributed by atoms with E-state index in [0.29, 0.717) is 0 Å². The maximum Gasteiger partial charge on any atom is 0.270 e. The van der Waals surface area contributed by atoms with Crippen LogP contribution >= 0.6 is 11.6 Å². The number of hydrogen-bond acceptors (Lipinski definition) is 4. The van der Waals surface area contributed by atoms with E-state index in [1.165, 1.54) is 23.1 Å². The van der Waals surface area contributed by atoms with Gasteiger partial charge in [-0.1, -0.05) is 41.9 Å². The number of carbonyl (C=O) groups excluding carboxylic acids is 1. The average Bonchev–Trinajstić information content (AvgIpc) is 2.72. The minimum absolute atomic E-state index is 0.0271. The first-order valence-electron chi connectivity index (χ1n) is 8.40. The van der Waals surface area contributed by atoms with Gasteiger partial charge in [-0.15, -0.1) is 0 Å². The van der Waals surface area contributed by atoms with Crippen LogP contribution in [0.4, 0.5) is 15.8 Å². The summed E-state index contributed by atoms with van der Waals surface area (Å²) in [6, 6.07) is 17.8. The molecule has 0 atom stereocenters. The summed E-state index contributed by atoms with van der Waals surface area (Å²) >= 11 is 6.13. The molecule has 0 aliphatic rings. The Kier molecular flexibility index (Phi) is 5.86. The van der Waals surface area contributed by atoms with Crippen LogP contribution in [0.5, 0.6) is 0 Å². The molecule has 144 valence electrons. The Morgan fingerprint density at radius 2 is 1.86 bits per heavy atom. The number of nitro benzene ring substituents is 1. The standard InChI is InChI=1S/C21H13ClFN3O3/c22-19-8-7-17(26(28)29)11-18(19)21(27)25(13-14-4-2-1-3-5-14)20-9-6-16(23)10-15(20)12-24/h1-11H,13H2. The molecule has 3 rings (SSSR count). The summed E-state index contributed by atoms with van der Waals surface area (Å²) in [4.78, 5) is 25.0. The molecule has 29 heavy (non-hydrogen) atoms. The van der Waals surface area contributed by atoms with Crippen molar-refractivity contribution in [2.75, 3.05) is 4.90 Å². The lowest BCUT2D eigenvalue weighted by molar-refractivity contribution is -0.384. The van der Waals surface area contributed by atoms with Crippen molar-refractivity contribution >= 4 is 28.9 Å². The van der Waals surface area contributed by atoms with Crippen LogP contribution in [0, 0.1) is 27.3 Å². The summed E-state index contributed by atoms with van der Waals surface area (Å²) < 4.78 is 13.6. The van der Waals surface area contributed by atoms with Gasteiger partial charge in [-0.25, -0.2) is 4.39 Å². The summed E-state index contributed by atoms with van der Waals surface area (Å²) in [5.41, 5.74) is 0.485. The van der Waals surface area contributed by atoms with E-state index in [4.69, 9.17) is 11.6 Å². The van der Waals surface area contributed by atoms with E-state index in [9.17, 15) is 24.6 Å². The van der Waals surface area contributed by atoms with Gasteiger partial charge in [0, 0.05) is 12.1 Å². The SMILES string of the molecule is N#Cc1cc(F)ccc1N(Cc1ccccc1)C(=O)c1cc([N+](=O)[O-])ccc1Cl. The van der Waals surface area contributed by atoms with Gasteiger partial charge in [0.1, 0.15) is 11.9 Å². The number of nitro groups is 1. The Balaban J connectivity index is 2.13. The van der Waals surface area contributed by atoms with Crippen LogP contribution in [-0.4, -0.2) is 10.8 Å². The molecular formula is C21H13ClFN3O3. The largest absolute Gasteiger partial charge is 0.303 e. The fraction of sp³-hybridized carbons (Fsp3) is 0.0476. The lowest BCUT2D eigenvalue weighted by atomic mass is 10.1. The Labute approximate surface area is 170 Å². The highest BCUT2D eigenvalue weighted by Gasteiger charge is 2.25. The van der Waals surface area contributed by atoms with Crippen molar-refractivity contribution in [3.05, 3.63) is 104 Å². The molecule has 0 bridgehead atoms. The molecule has 6 nitrogen and oxygen atoms in total. The number of halogens is 2. The van der Waals surface area contributed by atoms with Gasteiger partial charge >= 0.3 is 0 Å². The van der Waals surface area contributed by atoms with E-state index >= 15 is 0 Å². The van der Waals surface area contributed by atoms with E-state index in [1.807, 2.05) is 12.1 Å². The maximum absolute atomic E-state index is 13.6. The number of benzene rings is 3. The van der Waals surface area contributed by atoms with Crippen molar-refractivity contribution in [1.29, 1.82) is 5.26 Å². The van der Waals surface area contributed by atoms with E-state index in [2.05, 4.69) is 0 Å². The lowest BCUT2D eigenvalue weighted by Crippen LogP contribution is -2.31. The molecular weight excluding hydrogens is 397 g/mol. The van der Waals surface area contributed by atoms with Crippen molar-refractivity contribution < 1.29 is 14.1 Å². The van der Waals surface area contributed by atoms with Crippen molar-refractivity contribution in [1.82, 2.24) is 0 Å². The van der Waals surface area contributed by atoms with Crippen LogP contribution in [0.1, 0.15) is 21.5 Å². The van der Waals surface area contributed by atoms with Crippen LogP contribution in [0.3, 0.4) is 0 Å². The van der Waals surface area contributed by atoms with Crippen molar-refractivity contribution in [3.63, 3.8) is 0 Å². The Morgan fingerprint density at radius 1 is 1.14 bits per heavy atom. The number of amides is 1.